The highest BCUT2D eigenvalue weighted by molar-refractivity contribution is 5.89. The lowest BCUT2D eigenvalue weighted by Crippen LogP contribution is -2.46. The second kappa shape index (κ2) is 8.39. The average Bonchev–Trinajstić information content (AvgIpc) is 2.71. The molecule has 0 bridgehead atoms. The quantitative estimate of drug-likeness (QED) is 0.485. The van der Waals surface area contributed by atoms with Crippen LogP contribution in [-0.2, 0) is 15.6 Å². The number of aliphatic hydroxyl groups excluding tert-OH is 1. The molecule has 1 N–H and O–H groups in total. The van der Waals surface area contributed by atoms with E-state index in [1.807, 2.05) is 12.1 Å². The first kappa shape index (κ1) is 22.3. The fourth-order valence-electron chi connectivity index (χ4n) is 4.49. The van der Waals surface area contributed by atoms with Crippen LogP contribution in [0.2, 0.25) is 0 Å². The van der Waals surface area contributed by atoms with Crippen LogP contribution in [0.5, 0.6) is 0 Å². The zero-order chi connectivity index (χ0) is 22.1. The summed E-state index contributed by atoms with van der Waals surface area (Å²) in [4.78, 5) is 11.8. The maximum absolute atomic E-state index is 11.8. The highest BCUT2D eigenvalue weighted by Gasteiger charge is 2.45. The van der Waals surface area contributed by atoms with Gasteiger partial charge in [0.1, 0.15) is 0 Å². The van der Waals surface area contributed by atoms with Crippen LogP contribution in [0, 0.1) is 6.92 Å². The summed E-state index contributed by atoms with van der Waals surface area (Å²) in [7, 11) is 0. The molecular formula is C27H34O3. The Kier molecular flexibility index (Phi) is 6.24. The number of hydrogen-bond acceptors (Lipinski definition) is 3. The Hall–Kier alpha value is -2.39. The molecule has 2 atom stereocenters. The molecule has 1 aliphatic carbocycles. The molecule has 3 rings (SSSR count). The number of carbonyl (C=O) groups excluding carboxylic acids is 1. The van der Waals surface area contributed by atoms with Gasteiger partial charge >= 0.3 is 5.97 Å². The van der Waals surface area contributed by atoms with Crippen molar-refractivity contribution >= 4 is 18.1 Å². The predicted molar refractivity (Wildman–Crippen MR) is 124 cm³/mol. The number of aliphatic hydroxyl groups is 1. The molecule has 0 saturated heterocycles. The summed E-state index contributed by atoms with van der Waals surface area (Å²) in [5.74, 6) is -0.290. The van der Waals surface area contributed by atoms with Gasteiger partial charge in [-0.1, -0.05) is 64.1 Å². The van der Waals surface area contributed by atoms with E-state index in [4.69, 9.17) is 4.74 Å². The summed E-state index contributed by atoms with van der Waals surface area (Å²) in [6, 6.07) is 12.0. The molecule has 0 aliphatic heterocycles. The van der Waals surface area contributed by atoms with Crippen LogP contribution in [0.4, 0.5) is 0 Å². The van der Waals surface area contributed by atoms with Gasteiger partial charge in [0.25, 0.3) is 0 Å². The largest absolute Gasteiger partial charge is 0.462 e. The van der Waals surface area contributed by atoms with Crippen molar-refractivity contribution in [1.82, 2.24) is 0 Å². The van der Waals surface area contributed by atoms with Gasteiger partial charge < -0.3 is 9.84 Å². The smallest absolute Gasteiger partial charge is 0.338 e. The first-order valence-corrected chi connectivity index (χ1v) is 10.9. The summed E-state index contributed by atoms with van der Waals surface area (Å²) in [6.45, 7) is 13.1. The number of fused-ring (bicyclic) bond motifs is 1. The number of carbonyl (C=O) groups is 1. The number of rotatable bonds is 5. The summed E-state index contributed by atoms with van der Waals surface area (Å²) >= 11 is 0. The van der Waals surface area contributed by atoms with Crippen molar-refractivity contribution in [2.24, 2.45) is 0 Å². The third-order valence-electron chi connectivity index (χ3n) is 6.80. The summed E-state index contributed by atoms with van der Waals surface area (Å²) in [6.07, 6.45) is 5.57. The summed E-state index contributed by atoms with van der Waals surface area (Å²) in [5, 5.41) is 10.9. The van der Waals surface area contributed by atoms with Gasteiger partial charge in [0.15, 0.2) is 0 Å². The van der Waals surface area contributed by atoms with Crippen molar-refractivity contribution < 1.29 is 14.6 Å². The van der Waals surface area contributed by atoms with Crippen LogP contribution in [-0.4, -0.2) is 23.8 Å². The van der Waals surface area contributed by atoms with Gasteiger partial charge in [-0.3, -0.25) is 0 Å². The Labute approximate surface area is 180 Å². The normalized spacial score (nSPS) is 22.7. The topological polar surface area (TPSA) is 46.5 Å². The lowest BCUT2D eigenvalue weighted by Gasteiger charge is -2.47. The van der Waals surface area contributed by atoms with Crippen LogP contribution < -0.4 is 0 Å². The molecule has 0 fully saturated rings. The molecule has 1 aliphatic rings. The molecule has 2 unspecified atom stereocenters. The Morgan fingerprint density at radius 2 is 1.77 bits per heavy atom. The molecule has 0 radical (unpaired) electrons. The summed E-state index contributed by atoms with van der Waals surface area (Å²) < 4.78 is 5.04. The average molecular weight is 407 g/mol. The van der Waals surface area contributed by atoms with Crippen LogP contribution in [0.3, 0.4) is 0 Å². The first-order valence-electron chi connectivity index (χ1n) is 10.9. The van der Waals surface area contributed by atoms with Crippen molar-refractivity contribution in [1.29, 1.82) is 0 Å². The lowest BCUT2D eigenvalue weighted by molar-refractivity contribution is 0.0470. The Morgan fingerprint density at radius 3 is 2.37 bits per heavy atom. The zero-order valence-corrected chi connectivity index (χ0v) is 19.1. The van der Waals surface area contributed by atoms with E-state index < -0.39 is 0 Å². The van der Waals surface area contributed by atoms with Crippen molar-refractivity contribution in [2.45, 2.75) is 71.3 Å². The predicted octanol–water partition coefficient (Wildman–Crippen LogP) is 6.05. The second-order valence-corrected chi connectivity index (χ2v) is 9.31. The van der Waals surface area contributed by atoms with Crippen LogP contribution >= 0.6 is 0 Å². The van der Waals surface area contributed by atoms with E-state index in [0.717, 1.165) is 18.4 Å². The molecule has 160 valence electrons. The molecule has 3 heteroatoms. The fraction of sp³-hybridized carbons (Fsp3) is 0.444. The standard InChI is InChI=1S/C27H34O3/c1-7-27(6)23-15-18(3)21(16-22(23)26(4,5)17-24(27)28)14-11-19-9-12-20(13-10-19)25(29)30-8-2/h9-16,24,28H,7-8,17H2,1-6H3/b14-11+. The van der Waals surface area contributed by atoms with Crippen LogP contribution in [0.25, 0.3) is 12.2 Å². The molecule has 30 heavy (non-hydrogen) atoms. The number of benzene rings is 2. The minimum atomic E-state index is -0.330. The van der Waals surface area contributed by atoms with Crippen molar-refractivity contribution in [3.05, 3.63) is 69.8 Å². The number of aryl methyl sites for hydroxylation is 1. The molecule has 0 saturated carbocycles. The zero-order valence-electron chi connectivity index (χ0n) is 19.1. The Morgan fingerprint density at radius 1 is 1.10 bits per heavy atom. The third-order valence-corrected chi connectivity index (χ3v) is 6.80. The van der Waals surface area contributed by atoms with Crippen LogP contribution in [0.1, 0.15) is 85.6 Å². The lowest BCUT2D eigenvalue weighted by atomic mass is 9.59. The van der Waals surface area contributed by atoms with Gasteiger partial charge in [-0.15, -0.1) is 0 Å². The van der Waals surface area contributed by atoms with E-state index in [1.165, 1.54) is 22.3 Å². The van der Waals surface area contributed by atoms with E-state index >= 15 is 0 Å². The molecule has 0 heterocycles. The van der Waals surface area contributed by atoms with E-state index in [1.54, 1.807) is 19.1 Å². The highest BCUT2D eigenvalue weighted by atomic mass is 16.5. The Bertz CT molecular complexity index is 953. The second-order valence-electron chi connectivity index (χ2n) is 9.31. The third kappa shape index (κ3) is 4.09. The maximum atomic E-state index is 11.8. The number of esters is 1. The molecule has 2 aromatic carbocycles. The maximum Gasteiger partial charge on any atom is 0.338 e. The van der Waals surface area contributed by atoms with Gasteiger partial charge in [0, 0.05) is 5.41 Å². The molecule has 0 spiro atoms. The fourth-order valence-corrected chi connectivity index (χ4v) is 4.49. The number of ether oxygens (including phenoxy) is 1. The van der Waals surface area contributed by atoms with E-state index in [9.17, 15) is 9.90 Å². The van der Waals surface area contributed by atoms with E-state index in [0.29, 0.717) is 12.2 Å². The molecular weight excluding hydrogens is 372 g/mol. The van der Waals surface area contributed by atoms with Gasteiger partial charge in [-0.05, 0) is 72.1 Å². The van der Waals surface area contributed by atoms with Crippen molar-refractivity contribution in [3.63, 3.8) is 0 Å². The van der Waals surface area contributed by atoms with Gasteiger partial charge in [0.2, 0.25) is 0 Å². The van der Waals surface area contributed by atoms with Gasteiger partial charge in [-0.2, -0.15) is 0 Å². The van der Waals surface area contributed by atoms with Gasteiger partial charge in [-0.25, -0.2) is 4.79 Å². The molecule has 3 nitrogen and oxygen atoms in total. The van der Waals surface area contributed by atoms with Gasteiger partial charge in [0.05, 0.1) is 18.3 Å². The minimum absolute atomic E-state index is 0.0684. The van der Waals surface area contributed by atoms with Crippen molar-refractivity contribution in [2.75, 3.05) is 6.61 Å². The van der Waals surface area contributed by atoms with E-state index in [2.05, 4.69) is 58.9 Å². The highest BCUT2D eigenvalue weighted by Crippen LogP contribution is 2.48. The monoisotopic (exact) mass is 406 g/mol. The van der Waals surface area contributed by atoms with Crippen LogP contribution in [0.15, 0.2) is 36.4 Å². The van der Waals surface area contributed by atoms with E-state index in [-0.39, 0.29) is 22.9 Å². The molecule has 2 aromatic rings. The number of hydrogen-bond donors (Lipinski definition) is 1. The first-order chi connectivity index (χ1) is 14.1. The summed E-state index contributed by atoms with van der Waals surface area (Å²) in [5.41, 5.74) is 6.33. The molecule has 0 aromatic heterocycles. The SMILES string of the molecule is CCOC(=O)c1ccc(/C=C/c2cc3c(cc2C)C(C)(CC)C(O)CC3(C)C)cc1. The minimum Gasteiger partial charge on any atom is -0.462 e. The molecule has 0 amide bonds. The van der Waals surface area contributed by atoms with Crippen molar-refractivity contribution in [3.8, 4) is 0 Å². The Balaban J connectivity index is 1.94.